The summed E-state index contributed by atoms with van der Waals surface area (Å²) in [6, 6.07) is 10.1. The number of nitrogens with zero attached hydrogens (tertiary/aromatic N) is 4. The molecule has 1 aromatic heterocycles. The van der Waals surface area contributed by atoms with Crippen molar-refractivity contribution in [2.24, 2.45) is 0 Å². The number of aromatic nitrogens is 1. The lowest BCUT2D eigenvalue weighted by Gasteiger charge is -2.22. The Morgan fingerprint density at radius 3 is 2.70 bits per heavy atom. The maximum absolute atomic E-state index is 12.4. The minimum Gasteiger partial charge on any atom is -0.482 e. The van der Waals surface area contributed by atoms with Gasteiger partial charge in [-0.2, -0.15) is 0 Å². The van der Waals surface area contributed by atoms with E-state index in [9.17, 15) is 14.9 Å². The van der Waals surface area contributed by atoms with E-state index in [1.165, 1.54) is 12.3 Å². The molecule has 0 saturated carbocycles. The molecular weight excluding hydrogens is 372 g/mol. The molecule has 1 amide bonds. The van der Waals surface area contributed by atoms with Gasteiger partial charge < -0.3 is 14.5 Å². The molecule has 1 aromatic carbocycles. The number of carbonyl (C=O) groups is 1. The number of pyridine rings is 1. The van der Waals surface area contributed by atoms with Gasteiger partial charge in [0.1, 0.15) is 17.8 Å². The number of nitro groups is 1. The van der Waals surface area contributed by atoms with Crippen LogP contribution in [0.2, 0.25) is 5.02 Å². The predicted molar refractivity (Wildman–Crippen MR) is 101 cm³/mol. The quantitative estimate of drug-likeness (QED) is 0.576. The number of para-hydroxylation sites is 1. The topological polar surface area (TPSA) is 88.8 Å². The molecule has 9 heteroatoms. The van der Waals surface area contributed by atoms with Crippen molar-refractivity contribution in [1.82, 2.24) is 9.88 Å². The fourth-order valence-electron chi connectivity index (χ4n) is 2.86. The third-order valence-electron chi connectivity index (χ3n) is 4.30. The summed E-state index contributed by atoms with van der Waals surface area (Å²) in [5.74, 6) is 1.05. The third-order valence-corrected chi connectivity index (χ3v) is 4.62. The highest BCUT2D eigenvalue weighted by atomic mass is 35.5. The van der Waals surface area contributed by atoms with Crippen LogP contribution in [0.25, 0.3) is 0 Å². The molecule has 0 bridgehead atoms. The van der Waals surface area contributed by atoms with Gasteiger partial charge in [-0.25, -0.2) is 4.98 Å². The van der Waals surface area contributed by atoms with Crippen LogP contribution < -0.4 is 9.64 Å². The molecule has 1 saturated heterocycles. The molecule has 0 radical (unpaired) electrons. The molecule has 8 nitrogen and oxygen atoms in total. The molecule has 142 valence electrons. The molecule has 0 aliphatic carbocycles. The van der Waals surface area contributed by atoms with Gasteiger partial charge in [0, 0.05) is 32.2 Å². The van der Waals surface area contributed by atoms with Crippen LogP contribution >= 0.6 is 11.6 Å². The molecule has 1 aliphatic rings. The molecule has 0 atom stereocenters. The Bertz CT molecular complexity index is 815. The monoisotopic (exact) mass is 390 g/mol. The van der Waals surface area contributed by atoms with Gasteiger partial charge in [0.05, 0.1) is 9.95 Å². The van der Waals surface area contributed by atoms with Crippen molar-refractivity contribution < 1.29 is 14.5 Å². The normalized spacial score (nSPS) is 14.6. The fraction of sp³-hybridized carbons (Fsp3) is 0.333. The zero-order chi connectivity index (χ0) is 19.2. The van der Waals surface area contributed by atoms with E-state index in [-0.39, 0.29) is 18.2 Å². The van der Waals surface area contributed by atoms with E-state index in [1.54, 1.807) is 35.2 Å². The van der Waals surface area contributed by atoms with E-state index in [0.29, 0.717) is 36.2 Å². The first-order valence-corrected chi connectivity index (χ1v) is 8.93. The zero-order valence-corrected chi connectivity index (χ0v) is 15.3. The predicted octanol–water partition coefficient (Wildman–Crippen LogP) is 2.76. The summed E-state index contributed by atoms with van der Waals surface area (Å²) >= 11 is 6.03. The van der Waals surface area contributed by atoms with Crippen molar-refractivity contribution in [1.29, 1.82) is 0 Å². The maximum atomic E-state index is 12.4. The Labute approximate surface area is 161 Å². The van der Waals surface area contributed by atoms with Crippen LogP contribution in [-0.4, -0.2) is 53.5 Å². The number of hydrogen-bond acceptors (Lipinski definition) is 6. The van der Waals surface area contributed by atoms with Crippen LogP contribution in [0.15, 0.2) is 42.6 Å². The zero-order valence-electron chi connectivity index (χ0n) is 14.6. The van der Waals surface area contributed by atoms with Gasteiger partial charge in [-0.15, -0.1) is 0 Å². The standard InChI is InChI=1S/C18H19ClN4O4/c19-15-4-1-2-5-16(15)27-13-18(24)22-9-3-8-21(10-11-22)17-7-6-14(12-20-17)23(25)26/h1-2,4-7,12H,3,8-11,13H2. The number of carbonyl (C=O) groups excluding carboxylic acids is 1. The second kappa shape index (κ2) is 8.68. The lowest BCUT2D eigenvalue weighted by atomic mass is 10.3. The number of amides is 1. The van der Waals surface area contributed by atoms with Gasteiger partial charge in [0.2, 0.25) is 0 Å². The van der Waals surface area contributed by atoms with Gasteiger partial charge in [-0.05, 0) is 24.6 Å². The molecule has 3 rings (SSSR count). The summed E-state index contributed by atoms with van der Waals surface area (Å²) in [6.07, 6.45) is 2.02. The summed E-state index contributed by atoms with van der Waals surface area (Å²) in [5.41, 5.74) is -0.0397. The summed E-state index contributed by atoms with van der Waals surface area (Å²) in [6.45, 7) is 2.40. The highest BCUT2D eigenvalue weighted by molar-refractivity contribution is 6.32. The second-order valence-corrected chi connectivity index (χ2v) is 6.48. The highest BCUT2D eigenvalue weighted by Crippen LogP contribution is 2.23. The summed E-state index contributed by atoms with van der Waals surface area (Å²) in [5, 5.41) is 11.2. The Morgan fingerprint density at radius 1 is 1.19 bits per heavy atom. The number of ether oxygens (including phenoxy) is 1. The number of rotatable bonds is 5. The number of halogens is 1. The molecule has 2 heterocycles. The molecule has 2 aromatic rings. The van der Waals surface area contributed by atoms with Gasteiger partial charge in [0.25, 0.3) is 11.6 Å². The van der Waals surface area contributed by atoms with E-state index in [0.717, 1.165) is 13.0 Å². The van der Waals surface area contributed by atoms with Crippen molar-refractivity contribution in [3.63, 3.8) is 0 Å². The molecular formula is C18H19ClN4O4. The lowest BCUT2D eigenvalue weighted by Crippen LogP contribution is -2.38. The van der Waals surface area contributed by atoms with Gasteiger partial charge in [-0.3, -0.25) is 14.9 Å². The van der Waals surface area contributed by atoms with Gasteiger partial charge in [0.15, 0.2) is 6.61 Å². The average Bonchev–Trinajstić information content (AvgIpc) is 2.93. The third kappa shape index (κ3) is 4.85. The first-order chi connectivity index (χ1) is 13.0. The summed E-state index contributed by atoms with van der Waals surface area (Å²) in [7, 11) is 0. The molecule has 1 fully saturated rings. The first-order valence-electron chi connectivity index (χ1n) is 8.55. The highest BCUT2D eigenvalue weighted by Gasteiger charge is 2.21. The van der Waals surface area contributed by atoms with E-state index in [2.05, 4.69) is 4.98 Å². The number of anilines is 1. The Balaban J connectivity index is 1.55. The Hall–Kier alpha value is -2.87. The smallest absolute Gasteiger partial charge is 0.287 e. The molecule has 0 N–H and O–H groups in total. The molecule has 0 unspecified atom stereocenters. The van der Waals surface area contributed by atoms with Crippen molar-refractivity contribution in [2.45, 2.75) is 6.42 Å². The van der Waals surface area contributed by atoms with E-state index in [1.807, 2.05) is 4.90 Å². The molecule has 0 spiro atoms. The van der Waals surface area contributed by atoms with Crippen molar-refractivity contribution in [3.8, 4) is 5.75 Å². The largest absolute Gasteiger partial charge is 0.482 e. The number of benzene rings is 1. The van der Waals surface area contributed by atoms with Gasteiger partial charge >= 0.3 is 0 Å². The van der Waals surface area contributed by atoms with E-state index >= 15 is 0 Å². The van der Waals surface area contributed by atoms with Crippen LogP contribution in [0.1, 0.15) is 6.42 Å². The molecule has 27 heavy (non-hydrogen) atoms. The first kappa shape index (κ1) is 18.9. The Kier molecular flexibility index (Phi) is 6.08. The maximum Gasteiger partial charge on any atom is 0.287 e. The van der Waals surface area contributed by atoms with Crippen LogP contribution in [0.4, 0.5) is 11.5 Å². The van der Waals surface area contributed by atoms with Crippen LogP contribution in [0.5, 0.6) is 5.75 Å². The van der Waals surface area contributed by atoms with Crippen LogP contribution in [0.3, 0.4) is 0 Å². The minimum absolute atomic E-state index is 0.0397. The van der Waals surface area contributed by atoms with Crippen molar-refractivity contribution >= 4 is 29.0 Å². The fourth-order valence-corrected chi connectivity index (χ4v) is 3.05. The summed E-state index contributed by atoms with van der Waals surface area (Å²) < 4.78 is 5.53. The SMILES string of the molecule is O=C(COc1ccccc1Cl)N1CCCN(c2ccc([N+](=O)[O-])cn2)CC1. The molecule has 1 aliphatic heterocycles. The minimum atomic E-state index is -0.474. The second-order valence-electron chi connectivity index (χ2n) is 6.07. The van der Waals surface area contributed by atoms with Crippen molar-refractivity contribution in [2.75, 3.05) is 37.7 Å². The lowest BCUT2D eigenvalue weighted by molar-refractivity contribution is -0.385. The van der Waals surface area contributed by atoms with Crippen LogP contribution in [-0.2, 0) is 4.79 Å². The number of hydrogen-bond donors (Lipinski definition) is 0. The summed E-state index contributed by atoms with van der Waals surface area (Å²) in [4.78, 5) is 30.6. The van der Waals surface area contributed by atoms with Gasteiger partial charge in [-0.1, -0.05) is 23.7 Å². The average molecular weight is 391 g/mol. The Morgan fingerprint density at radius 2 is 2.00 bits per heavy atom. The van der Waals surface area contributed by atoms with Crippen LogP contribution in [0, 0.1) is 10.1 Å². The van der Waals surface area contributed by atoms with E-state index < -0.39 is 4.92 Å². The van der Waals surface area contributed by atoms with Crippen molar-refractivity contribution in [3.05, 3.63) is 57.7 Å². The van der Waals surface area contributed by atoms with E-state index in [4.69, 9.17) is 16.3 Å².